The number of hydrogen-bond acceptors (Lipinski definition) is 5. The summed E-state index contributed by atoms with van der Waals surface area (Å²) in [6.07, 6.45) is 2.91. The first-order valence-electron chi connectivity index (χ1n) is 4.61. The first kappa shape index (κ1) is 11.9. The fraction of sp³-hybridized carbons (Fsp3) is 0. The molecule has 2 rings (SSSR count). The average Bonchev–Trinajstić information content (AvgIpc) is 2.35. The van der Waals surface area contributed by atoms with E-state index in [1.165, 1.54) is 12.4 Å². The zero-order valence-corrected chi connectivity index (χ0v) is 10.0. The van der Waals surface area contributed by atoms with Crippen LogP contribution in [0.5, 0.6) is 11.6 Å². The van der Waals surface area contributed by atoms with Crippen LogP contribution in [0, 0.1) is 0 Å². The van der Waals surface area contributed by atoms with Crippen molar-refractivity contribution in [1.82, 2.24) is 9.97 Å². The number of nitrogen functional groups attached to an aromatic ring is 1. The van der Waals surface area contributed by atoms with Gasteiger partial charge in [0.05, 0.1) is 17.4 Å². The number of ether oxygens (including phenoxy) is 1. The monoisotopic (exact) mass is 270 g/mol. The number of nitrogens with one attached hydrogen (secondary N) is 1. The summed E-state index contributed by atoms with van der Waals surface area (Å²) in [4.78, 5) is 7.93. The molecule has 0 saturated heterocycles. The largest absolute Gasteiger partial charge is 0.436 e. The molecule has 2 aromatic rings. The highest BCUT2D eigenvalue weighted by molar-refractivity contribution is 6.42. The Morgan fingerprint density at radius 2 is 2.06 bits per heavy atom. The lowest BCUT2D eigenvalue weighted by Gasteiger charge is -2.07. The van der Waals surface area contributed by atoms with E-state index in [9.17, 15) is 0 Å². The number of halogens is 2. The molecule has 1 aromatic carbocycles. The highest BCUT2D eigenvalue weighted by atomic mass is 35.5. The van der Waals surface area contributed by atoms with Gasteiger partial charge in [-0.1, -0.05) is 29.3 Å². The van der Waals surface area contributed by atoms with Crippen molar-refractivity contribution in [2.75, 3.05) is 5.43 Å². The van der Waals surface area contributed by atoms with Gasteiger partial charge in [-0.25, -0.2) is 5.84 Å². The molecule has 17 heavy (non-hydrogen) atoms. The molecule has 0 spiro atoms. The van der Waals surface area contributed by atoms with Crippen LogP contribution in [0.3, 0.4) is 0 Å². The van der Waals surface area contributed by atoms with Crippen LogP contribution in [0.2, 0.25) is 10.0 Å². The molecule has 0 bridgehead atoms. The minimum absolute atomic E-state index is 0.268. The van der Waals surface area contributed by atoms with E-state index in [0.29, 0.717) is 21.6 Å². The van der Waals surface area contributed by atoms with Crippen molar-refractivity contribution in [3.8, 4) is 11.6 Å². The van der Waals surface area contributed by atoms with Gasteiger partial charge in [-0.05, 0) is 12.1 Å². The van der Waals surface area contributed by atoms with Crippen molar-refractivity contribution in [2.24, 2.45) is 5.84 Å². The molecule has 5 nitrogen and oxygen atoms in total. The lowest BCUT2D eigenvalue weighted by molar-refractivity contribution is 0.461. The van der Waals surface area contributed by atoms with E-state index in [4.69, 9.17) is 33.8 Å². The van der Waals surface area contributed by atoms with Gasteiger partial charge in [0.1, 0.15) is 10.8 Å². The molecule has 1 aromatic heterocycles. The summed E-state index contributed by atoms with van der Waals surface area (Å²) in [7, 11) is 0. The maximum atomic E-state index is 5.97. The molecule has 1 heterocycles. The number of nitrogens with zero attached hydrogens (tertiary/aromatic N) is 2. The summed E-state index contributed by atoms with van der Waals surface area (Å²) in [5.74, 6) is 6.27. The molecule has 0 radical (unpaired) electrons. The van der Waals surface area contributed by atoms with Gasteiger partial charge in [0.15, 0.2) is 5.82 Å². The molecule has 7 heteroatoms. The van der Waals surface area contributed by atoms with Gasteiger partial charge in [0.25, 0.3) is 0 Å². The van der Waals surface area contributed by atoms with Crippen molar-refractivity contribution in [3.63, 3.8) is 0 Å². The second-order valence-electron chi connectivity index (χ2n) is 3.04. The van der Waals surface area contributed by atoms with E-state index in [2.05, 4.69) is 15.4 Å². The Kier molecular flexibility index (Phi) is 3.63. The Morgan fingerprint density at radius 1 is 1.24 bits per heavy atom. The van der Waals surface area contributed by atoms with Crippen LogP contribution in [0.25, 0.3) is 0 Å². The Hall–Kier alpha value is -1.56. The smallest absolute Gasteiger partial charge is 0.239 e. The third kappa shape index (κ3) is 2.76. The number of hydrazine groups is 1. The lowest BCUT2D eigenvalue weighted by Crippen LogP contribution is -2.09. The molecule has 0 saturated carbocycles. The molecule has 0 aliphatic heterocycles. The number of nitrogens with two attached hydrogens (primary N) is 1. The predicted octanol–water partition coefficient (Wildman–Crippen LogP) is 2.86. The van der Waals surface area contributed by atoms with Gasteiger partial charge >= 0.3 is 0 Å². The zero-order valence-electron chi connectivity index (χ0n) is 8.52. The second kappa shape index (κ2) is 5.18. The van der Waals surface area contributed by atoms with Gasteiger partial charge in [0, 0.05) is 0 Å². The van der Waals surface area contributed by atoms with Gasteiger partial charge in [-0.2, -0.15) is 4.98 Å². The molecule has 3 N–H and O–H groups in total. The number of hydrogen-bond donors (Lipinski definition) is 2. The third-order valence-corrected chi connectivity index (χ3v) is 2.69. The Bertz CT molecular complexity index is 535. The SMILES string of the molecule is NNc1cncc(Oc2cccc(Cl)c2Cl)n1. The van der Waals surface area contributed by atoms with Crippen molar-refractivity contribution in [1.29, 1.82) is 0 Å². The maximum Gasteiger partial charge on any atom is 0.239 e. The molecule has 0 unspecified atom stereocenters. The van der Waals surface area contributed by atoms with Crippen LogP contribution in [0.1, 0.15) is 0 Å². The van der Waals surface area contributed by atoms with Crippen molar-refractivity contribution < 1.29 is 4.74 Å². The fourth-order valence-electron chi connectivity index (χ4n) is 1.14. The summed E-state index contributed by atoms with van der Waals surface area (Å²) in [5.41, 5.74) is 2.37. The summed E-state index contributed by atoms with van der Waals surface area (Å²) in [5, 5.41) is 0.729. The average molecular weight is 271 g/mol. The zero-order chi connectivity index (χ0) is 12.3. The van der Waals surface area contributed by atoms with Gasteiger partial charge in [-0.15, -0.1) is 0 Å². The first-order valence-corrected chi connectivity index (χ1v) is 5.37. The standard InChI is InChI=1S/C10H8Cl2N4O/c11-6-2-1-3-7(10(6)12)17-9-5-14-4-8(15-9)16-13/h1-5H,13H2,(H,15,16). The fourth-order valence-corrected chi connectivity index (χ4v) is 1.47. The van der Waals surface area contributed by atoms with Crippen LogP contribution in [0.4, 0.5) is 5.82 Å². The third-order valence-electron chi connectivity index (χ3n) is 1.89. The number of anilines is 1. The summed E-state index contributed by atoms with van der Waals surface area (Å²) >= 11 is 11.8. The Labute approximate surface area is 108 Å². The van der Waals surface area contributed by atoms with Gasteiger partial charge in [0.2, 0.25) is 5.88 Å². The number of rotatable bonds is 3. The maximum absolute atomic E-state index is 5.97. The Balaban J connectivity index is 2.28. The van der Waals surface area contributed by atoms with Crippen LogP contribution >= 0.6 is 23.2 Å². The quantitative estimate of drug-likeness (QED) is 0.663. The van der Waals surface area contributed by atoms with E-state index < -0.39 is 0 Å². The molecule has 0 atom stereocenters. The molecule has 88 valence electrons. The Morgan fingerprint density at radius 3 is 2.82 bits per heavy atom. The van der Waals surface area contributed by atoms with E-state index in [-0.39, 0.29) is 5.88 Å². The molecule has 0 aliphatic rings. The normalized spacial score (nSPS) is 10.1. The van der Waals surface area contributed by atoms with Crippen LogP contribution < -0.4 is 16.0 Å². The first-order chi connectivity index (χ1) is 8.20. The van der Waals surface area contributed by atoms with Gasteiger partial charge in [-0.3, -0.25) is 4.98 Å². The molecular formula is C10H8Cl2N4O. The minimum atomic E-state index is 0.268. The van der Waals surface area contributed by atoms with E-state index in [0.717, 1.165) is 0 Å². The molecule has 0 amide bonds. The summed E-state index contributed by atoms with van der Waals surface area (Å²) in [6.45, 7) is 0. The predicted molar refractivity (Wildman–Crippen MR) is 66.4 cm³/mol. The lowest BCUT2D eigenvalue weighted by atomic mass is 10.3. The van der Waals surface area contributed by atoms with Crippen LogP contribution in [0.15, 0.2) is 30.6 Å². The van der Waals surface area contributed by atoms with E-state index in [1.807, 2.05) is 0 Å². The van der Waals surface area contributed by atoms with Crippen molar-refractivity contribution >= 4 is 29.0 Å². The minimum Gasteiger partial charge on any atom is -0.436 e. The van der Waals surface area contributed by atoms with E-state index >= 15 is 0 Å². The highest BCUT2D eigenvalue weighted by Gasteiger charge is 2.07. The molecule has 0 fully saturated rings. The topological polar surface area (TPSA) is 73.1 Å². The van der Waals surface area contributed by atoms with Crippen LogP contribution in [-0.4, -0.2) is 9.97 Å². The van der Waals surface area contributed by atoms with E-state index in [1.54, 1.807) is 18.2 Å². The molecule has 0 aliphatic carbocycles. The molecular weight excluding hydrogens is 263 g/mol. The number of benzene rings is 1. The van der Waals surface area contributed by atoms with Crippen LogP contribution in [-0.2, 0) is 0 Å². The van der Waals surface area contributed by atoms with Crippen molar-refractivity contribution in [2.45, 2.75) is 0 Å². The summed E-state index contributed by atoms with van der Waals surface area (Å²) < 4.78 is 5.45. The van der Waals surface area contributed by atoms with Crippen molar-refractivity contribution in [3.05, 3.63) is 40.6 Å². The summed E-state index contributed by atoms with van der Waals surface area (Å²) in [6, 6.07) is 5.07. The second-order valence-corrected chi connectivity index (χ2v) is 3.83. The van der Waals surface area contributed by atoms with Gasteiger partial charge < -0.3 is 10.2 Å². The number of aromatic nitrogens is 2. The highest BCUT2D eigenvalue weighted by Crippen LogP contribution is 2.33.